The molecule has 24 heavy (non-hydrogen) atoms. The second-order valence-electron chi connectivity index (χ2n) is 6.13. The normalized spacial score (nSPS) is 18.2. The summed E-state index contributed by atoms with van der Waals surface area (Å²) in [6, 6.07) is 10.6. The molecule has 2 heterocycles. The lowest BCUT2D eigenvalue weighted by atomic mass is 10.0. The summed E-state index contributed by atoms with van der Waals surface area (Å²) in [7, 11) is 0. The lowest BCUT2D eigenvalue weighted by molar-refractivity contribution is 0.180. The molecule has 2 amide bonds. The summed E-state index contributed by atoms with van der Waals surface area (Å²) >= 11 is 0. The molecule has 1 fully saturated rings. The molecule has 0 bridgehead atoms. The van der Waals surface area contributed by atoms with E-state index in [1.165, 1.54) is 5.56 Å². The molecule has 1 aromatic heterocycles. The van der Waals surface area contributed by atoms with Gasteiger partial charge in [0.2, 0.25) is 0 Å². The Labute approximate surface area is 142 Å². The van der Waals surface area contributed by atoms with Crippen LogP contribution in [0.2, 0.25) is 0 Å². The zero-order chi connectivity index (χ0) is 16.6. The first-order valence-corrected chi connectivity index (χ1v) is 8.44. The number of amides is 2. The molecule has 1 atom stereocenters. The van der Waals surface area contributed by atoms with Crippen LogP contribution in [0.1, 0.15) is 18.4 Å². The van der Waals surface area contributed by atoms with Crippen LogP contribution in [0.5, 0.6) is 0 Å². The number of hydrogen-bond acceptors (Lipinski definition) is 4. The minimum Gasteiger partial charge on any atom is -0.336 e. The summed E-state index contributed by atoms with van der Waals surface area (Å²) in [5, 5.41) is 13.6. The maximum Gasteiger partial charge on any atom is 0.315 e. The number of likely N-dealkylation sites (tertiary alicyclic amines) is 1. The average Bonchev–Trinajstić information content (AvgIpc) is 3.09. The second kappa shape index (κ2) is 8.44. The molecule has 0 aliphatic carbocycles. The summed E-state index contributed by atoms with van der Waals surface area (Å²) < 4.78 is 1.70. The highest BCUT2D eigenvalue weighted by atomic mass is 16.2. The van der Waals surface area contributed by atoms with Gasteiger partial charge in [-0.3, -0.25) is 9.58 Å². The Bertz CT molecular complexity index is 615. The smallest absolute Gasteiger partial charge is 0.315 e. The predicted molar refractivity (Wildman–Crippen MR) is 91.3 cm³/mol. The van der Waals surface area contributed by atoms with Crippen molar-refractivity contribution in [3.05, 3.63) is 48.3 Å². The third-order valence-corrected chi connectivity index (χ3v) is 4.19. The van der Waals surface area contributed by atoms with Gasteiger partial charge in [0.05, 0.1) is 12.7 Å². The van der Waals surface area contributed by atoms with Gasteiger partial charge in [0, 0.05) is 31.9 Å². The van der Waals surface area contributed by atoms with Gasteiger partial charge in [0.25, 0.3) is 0 Å². The second-order valence-corrected chi connectivity index (χ2v) is 6.13. The highest BCUT2D eigenvalue weighted by Gasteiger charge is 2.21. The molecule has 2 N–H and O–H groups in total. The number of nitrogens with one attached hydrogen (secondary N) is 2. The van der Waals surface area contributed by atoms with E-state index in [4.69, 9.17) is 0 Å². The molecule has 0 radical (unpaired) electrons. The number of nitrogens with zero attached hydrogens (tertiary/aromatic N) is 4. The molecular weight excluding hydrogens is 304 g/mol. The summed E-state index contributed by atoms with van der Waals surface area (Å²) in [4.78, 5) is 14.4. The quantitative estimate of drug-likeness (QED) is 0.837. The maximum atomic E-state index is 12.0. The molecule has 0 unspecified atom stereocenters. The van der Waals surface area contributed by atoms with Gasteiger partial charge in [-0.05, 0) is 24.9 Å². The van der Waals surface area contributed by atoms with Crippen LogP contribution in [0, 0.1) is 0 Å². The first-order valence-electron chi connectivity index (χ1n) is 8.44. The molecule has 128 valence electrons. The lowest BCUT2D eigenvalue weighted by Crippen LogP contribution is -2.50. The SMILES string of the molecule is O=C(NCCn1ccnn1)N[C@H]1CCCN(Cc2ccccc2)C1. The highest BCUT2D eigenvalue weighted by molar-refractivity contribution is 5.74. The molecule has 0 saturated carbocycles. The molecule has 7 nitrogen and oxygen atoms in total. The molecule has 3 rings (SSSR count). The topological polar surface area (TPSA) is 75.1 Å². The summed E-state index contributed by atoms with van der Waals surface area (Å²) in [6.07, 6.45) is 5.55. The first-order chi connectivity index (χ1) is 11.8. The van der Waals surface area contributed by atoms with Crippen LogP contribution in [-0.4, -0.2) is 51.6 Å². The summed E-state index contributed by atoms with van der Waals surface area (Å²) in [6.45, 7) is 4.08. The molecule has 1 aliphatic heterocycles. The van der Waals surface area contributed by atoms with Crippen LogP contribution < -0.4 is 10.6 Å². The molecule has 7 heteroatoms. The van der Waals surface area contributed by atoms with E-state index in [-0.39, 0.29) is 12.1 Å². The van der Waals surface area contributed by atoms with Crippen LogP contribution in [0.15, 0.2) is 42.7 Å². The van der Waals surface area contributed by atoms with Crippen LogP contribution in [0.3, 0.4) is 0 Å². The van der Waals surface area contributed by atoms with Crippen molar-refractivity contribution < 1.29 is 4.79 Å². The Kier molecular flexibility index (Phi) is 5.79. The molecule has 1 saturated heterocycles. The Hall–Kier alpha value is -2.41. The molecule has 0 spiro atoms. The predicted octanol–water partition coefficient (Wildman–Crippen LogP) is 1.24. The van der Waals surface area contributed by atoms with Gasteiger partial charge in [0.15, 0.2) is 0 Å². The van der Waals surface area contributed by atoms with Crippen molar-refractivity contribution >= 4 is 6.03 Å². The Balaban J connectivity index is 1.39. The van der Waals surface area contributed by atoms with E-state index >= 15 is 0 Å². The van der Waals surface area contributed by atoms with Gasteiger partial charge < -0.3 is 10.6 Å². The summed E-state index contributed by atoms with van der Waals surface area (Å²) in [5.74, 6) is 0. The third kappa shape index (κ3) is 5.06. The lowest BCUT2D eigenvalue weighted by Gasteiger charge is -2.33. The van der Waals surface area contributed by atoms with Crippen molar-refractivity contribution in [1.82, 2.24) is 30.5 Å². The third-order valence-electron chi connectivity index (χ3n) is 4.19. The maximum absolute atomic E-state index is 12.0. The number of piperidine rings is 1. The van der Waals surface area contributed by atoms with Gasteiger partial charge >= 0.3 is 6.03 Å². The minimum absolute atomic E-state index is 0.110. The Morgan fingerprint density at radius 2 is 2.17 bits per heavy atom. The van der Waals surface area contributed by atoms with E-state index in [9.17, 15) is 4.79 Å². The van der Waals surface area contributed by atoms with E-state index in [0.29, 0.717) is 13.1 Å². The van der Waals surface area contributed by atoms with Gasteiger partial charge in [-0.25, -0.2) is 4.79 Å². The number of rotatable bonds is 6. The number of hydrogen-bond donors (Lipinski definition) is 2. The van der Waals surface area contributed by atoms with Gasteiger partial charge in [0.1, 0.15) is 0 Å². The zero-order valence-corrected chi connectivity index (χ0v) is 13.8. The van der Waals surface area contributed by atoms with Crippen molar-refractivity contribution in [1.29, 1.82) is 0 Å². The van der Waals surface area contributed by atoms with Gasteiger partial charge in [-0.2, -0.15) is 0 Å². The number of urea groups is 1. The fourth-order valence-corrected chi connectivity index (χ4v) is 3.03. The average molecular weight is 328 g/mol. The van der Waals surface area contributed by atoms with Crippen molar-refractivity contribution in [2.24, 2.45) is 0 Å². The van der Waals surface area contributed by atoms with Gasteiger partial charge in [-0.1, -0.05) is 35.5 Å². The van der Waals surface area contributed by atoms with Crippen LogP contribution >= 0.6 is 0 Å². The molecule has 1 aromatic carbocycles. The summed E-state index contributed by atoms with van der Waals surface area (Å²) in [5.41, 5.74) is 1.32. The number of benzene rings is 1. The highest BCUT2D eigenvalue weighted by Crippen LogP contribution is 2.13. The number of carbonyl (C=O) groups is 1. The number of aromatic nitrogens is 3. The Morgan fingerprint density at radius 1 is 1.29 bits per heavy atom. The fraction of sp³-hybridized carbons (Fsp3) is 0.471. The first kappa shape index (κ1) is 16.4. The molecular formula is C17H24N6O. The van der Waals surface area contributed by atoms with E-state index in [0.717, 1.165) is 32.5 Å². The van der Waals surface area contributed by atoms with E-state index < -0.39 is 0 Å². The van der Waals surface area contributed by atoms with Crippen molar-refractivity contribution in [3.63, 3.8) is 0 Å². The fourth-order valence-electron chi connectivity index (χ4n) is 3.03. The largest absolute Gasteiger partial charge is 0.336 e. The van der Waals surface area contributed by atoms with Crippen LogP contribution in [-0.2, 0) is 13.1 Å². The number of carbonyl (C=O) groups excluding carboxylic acids is 1. The van der Waals surface area contributed by atoms with E-state index in [1.54, 1.807) is 17.1 Å². The standard InChI is InChI=1S/C17H24N6O/c24-17(18-8-11-23-12-9-19-21-23)20-16-7-4-10-22(14-16)13-15-5-2-1-3-6-15/h1-3,5-6,9,12,16H,4,7-8,10-11,13-14H2,(H2,18,20,24)/t16-/m0/s1. The van der Waals surface area contributed by atoms with Gasteiger partial charge in [-0.15, -0.1) is 5.10 Å². The van der Waals surface area contributed by atoms with E-state index in [1.807, 2.05) is 6.07 Å². The Morgan fingerprint density at radius 3 is 2.96 bits per heavy atom. The van der Waals surface area contributed by atoms with Crippen molar-refractivity contribution in [2.75, 3.05) is 19.6 Å². The molecule has 2 aromatic rings. The van der Waals surface area contributed by atoms with Crippen molar-refractivity contribution in [2.45, 2.75) is 32.0 Å². The van der Waals surface area contributed by atoms with Crippen molar-refractivity contribution in [3.8, 4) is 0 Å². The zero-order valence-electron chi connectivity index (χ0n) is 13.8. The monoisotopic (exact) mass is 328 g/mol. The molecule has 1 aliphatic rings. The van der Waals surface area contributed by atoms with Crippen LogP contribution in [0.4, 0.5) is 4.79 Å². The van der Waals surface area contributed by atoms with Crippen LogP contribution in [0.25, 0.3) is 0 Å². The van der Waals surface area contributed by atoms with E-state index in [2.05, 4.69) is 50.1 Å². The minimum atomic E-state index is -0.110.